The molecule has 0 unspecified atom stereocenters. The number of ether oxygens (including phenoxy) is 3. The zero-order chi connectivity index (χ0) is 22.1. The van der Waals surface area contributed by atoms with E-state index in [1.165, 1.54) is 11.3 Å². The second-order valence-electron chi connectivity index (χ2n) is 7.47. The van der Waals surface area contributed by atoms with Gasteiger partial charge < -0.3 is 19.5 Å². The van der Waals surface area contributed by atoms with Crippen molar-refractivity contribution in [1.82, 2.24) is 10.3 Å². The van der Waals surface area contributed by atoms with Gasteiger partial charge in [-0.3, -0.25) is 14.9 Å². The van der Waals surface area contributed by atoms with E-state index in [1.807, 2.05) is 24.3 Å². The summed E-state index contributed by atoms with van der Waals surface area (Å²) in [4.78, 5) is 31.1. The fourth-order valence-corrected chi connectivity index (χ4v) is 4.93. The minimum atomic E-state index is -0.327. The van der Waals surface area contributed by atoms with Crippen LogP contribution in [0, 0.1) is 0 Å². The van der Waals surface area contributed by atoms with Crippen LogP contribution in [0.1, 0.15) is 38.8 Å². The first kappa shape index (κ1) is 20.3. The maximum atomic E-state index is 12.8. The van der Waals surface area contributed by atoms with Gasteiger partial charge in [0.2, 0.25) is 12.7 Å². The maximum Gasteiger partial charge on any atom is 0.257 e. The lowest BCUT2D eigenvalue weighted by atomic mass is 10.1. The number of carbonyl (C=O) groups excluding carboxylic acids is 2. The van der Waals surface area contributed by atoms with Crippen LogP contribution in [0.5, 0.6) is 17.2 Å². The number of anilines is 1. The van der Waals surface area contributed by atoms with Gasteiger partial charge in [-0.15, -0.1) is 11.3 Å². The number of methoxy groups -OCH3 is 1. The number of aryl methyl sites for hydroxylation is 1. The minimum Gasteiger partial charge on any atom is -0.496 e. The van der Waals surface area contributed by atoms with Gasteiger partial charge in [0.1, 0.15) is 5.75 Å². The third-order valence-corrected chi connectivity index (χ3v) is 6.58. The molecule has 3 aromatic rings. The first-order chi connectivity index (χ1) is 15.6. The molecule has 0 saturated heterocycles. The van der Waals surface area contributed by atoms with Crippen LogP contribution in [0.15, 0.2) is 42.5 Å². The van der Waals surface area contributed by atoms with Crippen LogP contribution in [0.25, 0.3) is 0 Å². The number of aromatic nitrogens is 1. The lowest BCUT2D eigenvalue weighted by molar-refractivity contribution is -0.122. The van der Waals surface area contributed by atoms with Gasteiger partial charge in [0, 0.05) is 22.5 Å². The van der Waals surface area contributed by atoms with E-state index < -0.39 is 0 Å². The number of benzene rings is 2. The Morgan fingerprint density at radius 2 is 2.03 bits per heavy atom. The molecule has 0 fully saturated rings. The standard InChI is InChI=1S/C23H21N3O5S/c1-29-16-5-3-2-4-14(16)11-24-22(28)15-7-9-19-20(15)25-23(32-19)26-21(27)13-6-8-17-18(10-13)31-12-30-17/h2-6,8,10,15H,7,9,11-12H2,1H3,(H,24,28)(H,25,26,27)/t15-/m1/s1. The monoisotopic (exact) mass is 451 g/mol. The van der Waals surface area contributed by atoms with Crippen molar-refractivity contribution in [3.05, 3.63) is 64.2 Å². The zero-order valence-electron chi connectivity index (χ0n) is 17.3. The van der Waals surface area contributed by atoms with Crippen LogP contribution in [0.4, 0.5) is 5.13 Å². The molecule has 5 rings (SSSR count). The predicted molar refractivity (Wildman–Crippen MR) is 119 cm³/mol. The number of thiazole rings is 1. The number of hydrogen-bond donors (Lipinski definition) is 2. The Morgan fingerprint density at radius 3 is 2.91 bits per heavy atom. The second-order valence-corrected chi connectivity index (χ2v) is 8.55. The molecular formula is C23H21N3O5S. The molecule has 2 N–H and O–H groups in total. The van der Waals surface area contributed by atoms with Crippen LogP contribution < -0.4 is 24.8 Å². The number of nitrogens with one attached hydrogen (secondary N) is 2. The predicted octanol–water partition coefficient (Wildman–Crippen LogP) is 3.48. The summed E-state index contributed by atoms with van der Waals surface area (Å²) in [6.07, 6.45) is 1.47. The Kier molecular flexibility index (Phi) is 5.40. The van der Waals surface area contributed by atoms with E-state index in [0.29, 0.717) is 35.2 Å². The molecule has 2 heterocycles. The SMILES string of the molecule is COc1ccccc1CNC(=O)[C@@H]1CCc2sc(NC(=O)c3ccc4c(c3)OCO4)nc21. The molecule has 2 aromatic carbocycles. The number of fused-ring (bicyclic) bond motifs is 2. The van der Waals surface area contributed by atoms with Crippen LogP contribution in [0.3, 0.4) is 0 Å². The summed E-state index contributed by atoms with van der Waals surface area (Å²) in [5, 5.41) is 6.31. The van der Waals surface area contributed by atoms with Crippen LogP contribution in [-0.4, -0.2) is 30.7 Å². The second kappa shape index (κ2) is 8.51. The molecule has 0 bridgehead atoms. The third kappa shape index (κ3) is 3.87. The largest absolute Gasteiger partial charge is 0.496 e. The average molecular weight is 452 g/mol. The lowest BCUT2D eigenvalue weighted by Gasteiger charge is -2.12. The van der Waals surface area contributed by atoms with E-state index in [2.05, 4.69) is 15.6 Å². The number of carbonyl (C=O) groups is 2. The summed E-state index contributed by atoms with van der Waals surface area (Å²) in [5.74, 6) is 1.22. The molecule has 0 spiro atoms. The molecule has 164 valence electrons. The van der Waals surface area contributed by atoms with Crippen molar-refractivity contribution in [2.24, 2.45) is 0 Å². The van der Waals surface area contributed by atoms with Crippen molar-refractivity contribution in [2.45, 2.75) is 25.3 Å². The Balaban J connectivity index is 1.25. The Bertz CT molecular complexity index is 1190. The van der Waals surface area contributed by atoms with E-state index in [1.54, 1.807) is 25.3 Å². The van der Waals surface area contributed by atoms with Crippen LogP contribution >= 0.6 is 11.3 Å². The first-order valence-electron chi connectivity index (χ1n) is 10.2. The van der Waals surface area contributed by atoms with E-state index in [0.717, 1.165) is 28.3 Å². The van der Waals surface area contributed by atoms with Crippen molar-refractivity contribution in [3.63, 3.8) is 0 Å². The van der Waals surface area contributed by atoms with Crippen molar-refractivity contribution < 1.29 is 23.8 Å². The van der Waals surface area contributed by atoms with Gasteiger partial charge in [-0.1, -0.05) is 18.2 Å². The highest BCUT2D eigenvalue weighted by atomic mass is 32.1. The fraction of sp³-hybridized carbons (Fsp3) is 0.261. The quantitative estimate of drug-likeness (QED) is 0.595. The first-order valence-corrected chi connectivity index (χ1v) is 11.0. The Labute approximate surface area is 188 Å². The number of hydrogen-bond acceptors (Lipinski definition) is 7. The molecule has 0 saturated carbocycles. The van der Waals surface area contributed by atoms with Crippen molar-refractivity contribution >= 4 is 28.3 Å². The normalized spacial score (nSPS) is 15.8. The summed E-state index contributed by atoms with van der Waals surface area (Å²) in [6.45, 7) is 0.534. The lowest BCUT2D eigenvalue weighted by Crippen LogP contribution is -2.28. The zero-order valence-corrected chi connectivity index (χ0v) is 18.2. The van der Waals surface area contributed by atoms with Gasteiger partial charge in [0.05, 0.1) is 18.7 Å². The van der Waals surface area contributed by atoms with E-state index in [-0.39, 0.29) is 24.5 Å². The topological polar surface area (TPSA) is 98.8 Å². The molecule has 1 aromatic heterocycles. The number of para-hydroxylation sites is 1. The average Bonchev–Trinajstić information content (AvgIpc) is 3.52. The number of nitrogens with zero attached hydrogens (tertiary/aromatic N) is 1. The van der Waals surface area contributed by atoms with Gasteiger partial charge in [-0.2, -0.15) is 0 Å². The van der Waals surface area contributed by atoms with E-state index in [9.17, 15) is 9.59 Å². The minimum absolute atomic E-state index is 0.0754. The highest BCUT2D eigenvalue weighted by Crippen LogP contribution is 2.39. The summed E-state index contributed by atoms with van der Waals surface area (Å²) >= 11 is 1.41. The Hall–Kier alpha value is -3.59. The third-order valence-electron chi connectivity index (χ3n) is 5.54. The van der Waals surface area contributed by atoms with Gasteiger partial charge in [-0.25, -0.2) is 4.98 Å². The smallest absolute Gasteiger partial charge is 0.257 e. The summed E-state index contributed by atoms with van der Waals surface area (Å²) in [6, 6.07) is 12.6. The molecule has 32 heavy (non-hydrogen) atoms. The molecule has 1 aliphatic carbocycles. The number of amides is 2. The van der Waals surface area contributed by atoms with Gasteiger partial charge in [0.25, 0.3) is 5.91 Å². The molecule has 1 atom stereocenters. The molecule has 9 heteroatoms. The molecular weight excluding hydrogens is 430 g/mol. The van der Waals surface area contributed by atoms with Gasteiger partial charge >= 0.3 is 0 Å². The highest BCUT2D eigenvalue weighted by Gasteiger charge is 2.33. The van der Waals surface area contributed by atoms with E-state index >= 15 is 0 Å². The van der Waals surface area contributed by atoms with Gasteiger partial charge in [0.15, 0.2) is 16.6 Å². The van der Waals surface area contributed by atoms with Gasteiger partial charge in [-0.05, 0) is 37.1 Å². The van der Waals surface area contributed by atoms with Crippen molar-refractivity contribution in [3.8, 4) is 17.2 Å². The Morgan fingerprint density at radius 1 is 1.19 bits per heavy atom. The van der Waals surface area contributed by atoms with Crippen LogP contribution in [-0.2, 0) is 17.8 Å². The summed E-state index contributed by atoms with van der Waals surface area (Å²) < 4.78 is 16.0. The maximum absolute atomic E-state index is 12.8. The summed E-state index contributed by atoms with van der Waals surface area (Å²) in [7, 11) is 1.61. The van der Waals surface area contributed by atoms with E-state index in [4.69, 9.17) is 14.2 Å². The highest BCUT2D eigenvalue weighted by molar-refractivity contribution is 7.16. The summed E-state index contributed by atoms with van der Waals surface area (Å²) in [5.41, 5.74) is 2.11. The molecule has 0 radical (unpaired) electrons. The van der Waals surface area contributed by atoms with Crippen LogP contribution in [0.2, 0.25) is 0 Å². The molecule has 8 nitrogen and oxygen atoms in total. The van der Waals surface area contributed by atoms with Crippen molar-refractivity contribution in [2.75, 3.05) is 19.2 Å². The number of rotatable bonds is 6. The molecule has 2 aliphatic rings. The van der Waals surface area contributed by atoms with Crippen molar-refractivity contribution in [1.29, 1.82) is 0 Å². The molecule has 1 aliphatic heterocycles. The fourth-order valence-electron chi connectivity index (χ4n) is 3.90. The molecule has 2 amide bonds.